The fourth-order valence-electron chi connectivity index (χ4n) is 2.73. The van der Waals surface area contributed by atoms with Crippen molar-refractivity contribution >= 4 is 22.5 Å². The molecule has 4 aromatic rings. The summed E-state index contributed by atoms with van der Waals surface area (Å²) in [7, 11) is 0. The number of hydrogen-bond donors (Lipinski definition) is 1. The smallest absolute Gasteiger partial charge is 0.230 e. The number of aromatic nitrogens is 4. The molecule has 6 nitrogen and oxygen atoms in total. The second-order valence-electron chi connectivity index (χ2n) is 5.58. The van der Waals surface area contributed by atoms with Crippen LogP contribution in [0.2, 0.25) is 0 Å². The highest BCUT2D eigenvalue weighted by atomic mass is 16.1. The molecule has 0 aliphatic heterocycles. The van der Waals surface area contributed by atoms with Crippen LogP contribution < -0.4 is 5.32 Å². The van der Waals surface area contributed by atoms with E-state index in [-0.39, 0.29) is 12.3 Å². The number of anilines is 1. The van der Waals surface area contributed by atoms with E-state index in [9.17, 15) is 4.79 Å². The first kappa shape index (κ1) is 15.0. The lowest BCUT2D eigenvalue weighted by atomic mass is 10.2. The van der Waals surface area contributed by atoms with E-state index in [2.05, 4.69) is 20.6 Å². The number of amides is 1. The van der Waals surface area contributed by atoms with Crippen molar-refractivity contribution in [3.8, 4) is 5.69 Å². The van der Waals surface area contributed by atoms with Crippen LogP contribution in [-0.2, 0) is 11.2 Å². The van der Waals surface area contributed by atoms with E-state index < -0.39 is 0 Å². The van der Waals surface area contributed by atoms with Crippen LogP contribution in [0.4, 0.5) is 5.69 Å². The van der Waals surface area contributed by atoms with Crippen LogP contribution in [0.1, 0.15) is 5.69 Å². The Morgan fingerprint density at radius 1 is 1.00 bits per heavy atom. The molecule has 122 valence electrons. The van der Waals surface area contributed by atoms with E-state index in [1.165, 1.54) is 0 Å². The highest BCUT2D eigenvalue weighted by molar-refractivity contribution is 6.00. The number of rotatable bonds is 4. The fourth-order valence-corrected chi connectivity index (χ4v) is 2.73. The van der Waals surface area contributed by atoms with E-state index in [0.717, 1.165) is 22.3 Å². The third kappa shape index (κ3) is 3.10. The summed E-state index contributed by atoms with van der Waals surface area (Å²) < 4.78 is 1.67. The Morgan fingerprint density at radius 3 is 2.72 bits per heavy atom. The quantitative estimate of drug-likeness (QED) is 0.625. The average Bonchev–Trinajstić information content (AvgIpc) is 3.11. The number of pyridine rings is 1. The van der Waals surface area contributed by atoms with Crippen LogP contribution in [0.3, 0.4) is 0 Å². The van der Waals surface area contributed by atoms with Gasteiger partial charge in [-0.2, -0.15) is 0 Å². The third-order valence-electron chi connectivity index (χ3n) is 3.87. The molecule has 1 amide bonds. The molecule has 0 saturated heterocycles. The summed E-state index contributed by atoms with van der Waals surface area (Å²) in [5, 5.41) is 11.9. The molecule has 2 aromatic heterocycles. The minimum atomic E-state index is -0.141. The van der Waals surface area contributed by atoms with E-state index in [1.807, 2.05) is 60.7 Å². The van der Waals surface area contributed by atoms with Gasteiger partial charge in [0.25, 0.3) is 0 Å². The van der Waals surface area contributed by atoms with E-state index >= 15 is 0 Å². The van der Waals surface area contributed by atoms with Crippen LogP contribution in [-0.4, -0.2) is 25.9 Å². The number of nitrogens with one attached hydrogen (secondary N) is 1. The molecule has 0 unspecified atom stereocenters. The summed E-state index contributed by atoms with van der Waals surface area (Å²) in [4.78, 5) is 16.9. The van der Waals surface area contributed by atoms with Crippen molar-refractivity contribution in [3.63, 3.8) is 0 Å². The van der Waals surface area contributed by atoms with Gasteiger partial charge in [-0.1, -0.05) is 41.6 Å². The van der Waals surface area contributed by atoms with Crippen molar-refractivity contribution in [2.24, 2.45) is 0 Å². The zero-order valence-corrected chi connectivity index (χ0v) is 13.3. The molecule has 0 bridgehead atoms. The second kappa shape index (κ2) is 6.52. The predicted octanol–water partition coefficient (Wildman–Crippen LogP) is 3.00. The third-order valence-corrected chi connectivity index (χ3v) is 3.87. The van der Waals surface area contributed by atoms with Crippen molar-refractivity contribution in [2.75, 3.05) is 5.32 Å². The van der Waals surface area contributed by atoms with Crippen molar-refractivity contribution in [2.45, 2.75) is 6.42 Å². The lowest BCUT2D eigenvalue weighted by Crippen LogP contribution is -2.17. The van der Waals surface area contributed by atoms with E-state index in [4.69, 9.17) is 0 Å². The minimum Gasteiger partial charge on any atom is -0.324 e. The van der Waals surface area contributed by atoms with Gasteiger partial charge in [-0.15, -0.1) is 5.10 Å². The Hall–Kier alpha value is -3.54. The number of fused-ring (bicyclic) bond motifs is 1. The summed E-state index contributed by atoms with van der Waals surface area (Å²) in [5.74, 6) is -0.141. The Balaban J connectivity index is 1.57. The van der Waals surface area contributed by atoms with Gasteiger partial charge in [0.2, 0.25) is 5.91 Å². The van der Waals surface area contributed by atoms with Gasteiger partial charge in [0.1, 0.15) is 0 Å². The Labute approximate surface area is 144 Å². The molecule has 0 spiro atoms. The maximum atomic E-state index is 12.5. The Kier molecular flexibility index (Phi) is 3.92. The molecule has 0 atom stereocenters. The van der Waals surface area contributed by atoms with Crippen molar-refractivity contribution in [3.05, 3.63) is 78.8 Å². The molecule has 0 fully saturated rings. The second-order valence-corrected chi connectivity index (χ2v) is 5.58. The summed E-state index contributed by atoms with van der Waals surface area (Å²) >= 11 is 0. The molecule has 2 aromatic carbocycles. The van der Waals surface area contributed by atoms with Gasteiger partial charge in [0, 0.05) is 11.6 Å². The lowest BCUT2D eigenvalue weighted by Gasteiger charge is -2.09. The molecule has 1 N–H and O–H groups in total. The first-order valence-corrected chi connectivity index (χ1v) is 7.90. The highest BCUT2D eigenvalue weighted by Crippen LogP contribution is 2.21. The first-order valence-electron chi connectivity index (χ1n) is 7.90. The summed E-state index contributed by atoms with van der Waals surface area (Å²) in [6, 6.07) is 19.2. The van der Waals surface area contributed by atoms with Gasteiger partial charge in [-0.25, -0.2) is 4.68 Å². The van der Waals surface area contributed by atoms with Gasteiger partial charge in [-0.05, 0) is 24.3 Å². The monoisotopic (exact) mass is 329 g/mol. The average molecular weight is 329 g/mol. The summed E-state index contributed by atoms with van der Waals surface area (Å²) in [6.07, 6.45) is 3.49. The Bertz CT molecular complexity index is 1020. The molecule has 0 radical (unpaired) electrons. The zero-order valence-electron chi connectivity index (χ0n) is 13.3. The first-order chi connectivity index (χ1) is 12.3. The molecule has 25 heavy (non-hydrogen) atoms. The standard InChI is InChI=1S/C19H15N5O/c25-18(22-17-10-4-6-14-7-5-11-20-19(14)17)12-16-13-21-23-24(16)15-8-2-1-3-9-15/h1-11,13H,12H2,(H,22,25). The number of para-hydroxylation sites is 2. The largest absolute Gasteiger partial charge is 0.324 e. The minimum absolute atomic E-state index is 0.141. The number of carbonyl (C=O) groups is 1. The summed E-state index contributed by atoms with van der Waals surface area (Å²) in [5.41, 5.74) is 3.06. The van der Waals surface area contributed by atoms with E-state index in [0.29, 0.717) is 5.69 Å². The zero-order chi connectivity index (χ0) is 17.1. The lowest BCUT2D eigenvalue weighted by molar-refractivity contribution is -0.115. The Morgan fingerprint density at radius 2 is 1.84 bits per heavy atom. The number of hydrogen-bond acceptors (Lipinski definition) is 4. The number of benzene rings is 2. The van der Waals surface area contributed by atoms with Crippen molar-refractivity contribution in [1.82, 2.24) is 20.0 Å². The molecule has 4 rings (SSSR count). The van der Waals surface area contributed by atoms with Gasteiger partial charge in [0.15, 0.2) is 0 Å². The SMILES string of the molecule is O=C(Cc1cnnn1-c1ccccc1)Nc1cccc2cccnc12. The summed E-state index contributed by atoms with van der Waals surface area (Å²) in [6.45, 7) is 0. The molecule has 6 heteroatoms. The fraction of sp³-hybridized carbons (Fsp3) is 0.0526. The molecule has 0 aliphatic carbocycles. The predicted molar refractivity (Wildman–Crippen MR) is 95.4 cm³/mol. The normalized spacial score (nSPS) is 10.7. The highest BCUT2D eigenvalue weighted by Gasteiger charge is 2.12. The van der Waals surface area contributed by atoms with Crippen LogP contribution in [0.5, 0.6) is 0 Å². The van der Waals surface area contributed by atoms with Crippen LogP contribution >= 0.6 is 0 Å². The molecule has 0 aliphatic rings. The van der Waals surface area contributed by atoms with Crippen LogP contribution in [0, 0.1) is 0 Å². The van der Waals surface area contributed by atoms with E-state index in [1.54, 1.807) is 17.1 Å². The topological polar surface area (TPSA) is 72.7 Å². The molecular weight excluding hydrogens is 314 g/mol. The maximum absolute atomic E-state index is 12.5. The van der Waals surface area contributed by atoms with Crippen molar-refractivity contribution in [1.29, 1.82) is 0 Å². The van der Waals surface area contributed by atoms with Crippen LogP contribution in [0.25, 0.3) is 16.6 Å². The molecular formula is C19H15N5O. The van der Waals surface area contributed by atoms with Crippen molar-refractivity contribution < 1.29 is 4.79 Å². The number of nitrogens with zero attached hydrogens (tertiary/aromatic N) is 4. The maximum Gasteiger partial charge on any atom is 0.230 e. The van der Waals surface area contributed by atoms with Gasteiger partial charge in [0.05, 0.1) is 35.2 Å². The van der Waals surface area contributed by atoms with Gasteiger partial charge < -0.3 is 5.32 Å². The number of carbonyl (C=O) groups excluding carboxylic acids is 1. The van der Waals surface area contributed by atoms with Crippen LogP contribution in [0.15, 0.2) is 73.1 Å². The van der Waals surface area contributed by atoms with Gasteiger partial charge >= 0.3 is 0 Å². The molecule has 2 heterocycles. The van der Waals surface area contributed by atoms with Gasteiger partial charge in [-0.3, -0.25) is 9.78 Å². The molecule has 0 saturated carbocycles.